The zero-order valence-corrected chi connectivity index (χ0v) is 22.4. The third-order valence-corrected chi connectivity index (χ3v) is 7.76. The average Bonchev–Trinajstić information content (AvgIpc) is 2.89. The van der Waals surface area contributed by atoms with E-state index in [1.54, 1.807) is 11.0 Å². The summed E-state index contributed by atoms with van der Waals surface area (Å²) < 4.78 is 47.3. The molecule has 0 radical (unpaired) electrons. The van der Waals surface area contributed by atoms with Crippen LogP contribution < -0.4 is 15.6 Å². The molecule has 9 nitrogen and oxygen atoms in total. The number of benzene rings is 1. The summed E-state index contributed by atoms with van der Waals surface area (Å²) in [6.07, 6.45) is -1.30. The summed E-state index contributed by atoms with van der Waals surface area (Å²) in [5.74, 6) is -1.01. The van der Waals surface area contributed by atoms with Crippen LogP contribution in [0.3, 0.4) is 0 Å². The van der Waals surface area contributed by atoms with E-state index < -0.39 is 35.6 Å². The highest BCUT2D eigenvalue weighted by atomic mass is 19.4. The van der Waals surface area contributed by atoms with Crippen LogP contribution in [0.1, 0.15) is 62.5 Å². The molecule has 0 atom stereocenters. The lowest BCUT2D eigenvalue weighted by Gasteiger charge is -2.40. The van der Waals surface area contributed by atoms with E-state index in [1.807, 2.05) is 11.9 Å². The second kappa shape index (κ2) is 13.0. The number of piperazine rings is 1. The molecule has 3 saturated heterocycles. The van der Waals surface area contributed by atoms with Gasteiger partial charge in [0, 0.05) is 70.3 Å². The summed E-state index contributed by atoms with van der Waals surface area (Å²) >= 11 is 0. The van der Waals surface area contributed by atoms with Crippen molar-refractivity contribution in [3.05, 3.63) is 29.3 Å². The molecule has 3 heterocycles. The fraction of sp³-hybridized carbons (Fsp3) is 0.667. The number of anilines is 1. The van der Waals surface area contributed by atoms with E-state index in [1.165, 1.54) is 6.07 Å². The van der Waals surface area contributed by atoms with Crippen molar-refractivity contribution in [2.24, 2.45) is 5.92 Å². The summed E-state index contributed by atoms with van der Waals surface area (Å²) in [5.41, 5.74) is 2.58. The summed E-state index contributed by atoms with van der Waals surface area (Å²) in [5, 5.41) is 4.09. The Balaban J connectivity index is 1.28. The monoisotopic (exact) mass is 553 g/mol. The Morgan fingerprint density at radius 2 is 1.72 bits per heavy atom. The molecule has 0 aromatic heterocycles. The van der Waals surface area contributed by atoms with Gasteiger partial charge in [0.05, 0.1) is 12.2 Å². The minimum absolute atomic E-state index is 0.000901. The molecular weight excluding hydrogens is 515 g/mol. The average molecular weight is 554 g/mol. The lowest BCUT2D eigenvalue weighted by molar-refractivity contribution is -0.137. The van der Waals surface area contributed by atoms with Crippen molar-refractivity contribution >= 4 is 23.6 Å². The smallest absolute Gasteiger partial charge is 0.421 e. The standard InChI is InChI=1S/C27H38F3N5O4/c1-2-3-14-39-26(38)32-35-8-6-19(7-9-35)18-33-10-12-34(13-11-33)23-5-4-20(15-22(23)27(28,29)30)21-16-24(36)31-25(37)17-21/h4-5,15,19,21H,2-3,6-14,16-18H2,1H3,(H,32,38)(H,31,36,37). The van der Waals surface area contributed by atoms with Crippen molar-refractivity contribution in [1.82, 2.24) is 20.7 Å². The summed E-state index contributed by atoms with van der Waals surface area (Å²) in [4.78, 5) is 39.4. The van der Waals surface area contributed by atoms with Gasteiger partial charge in [-0.1, -0.05) is 19.4 Å². The number of hydrogen-bond acceptors (Lipinski definition) is 7. The second-order valence-electron chi connectivity index (χ2n) is 10.7. The van der Waals surface area contributed by atoms with Crippen molar-refractivity contribution < 1.29 is 32.3 Å². The maximum absolute atomic E-state index is 14.1. The molecule has 0 spiro atoms. The van der Waals surface area contributed by atoms with Crippen molar-refractivity contribution in [2.75, 3.05) is 57.3 Å². The Bertz CT molecular complexity index is 1010. The first kappa shape index (κ1) is 29.1. The number of halogens is 3. The van der Waals surface area contributed by atoms with E-state index in [4.69, 9.17) is 4.74 Å². The van der Waals surface area contributed by atoms with Gasteiger partial charge in [0.1, 0.15) is 0 Å². The van der Waals surface area contributed by atoms with E-state index in [0.717, 1.165) is 51.4 Å². The highest BCUT2D eigenvalue weighted by molar-refractivity contribution is 5.98. The fourth-order valence-corrected chi connectivity index (χ4v) is 5.56. The maximum atomic E-state index is 14.1. The number of unbranched alkanes of at least 4 members (excludes halogenated alkanes) is 1. The van der Waals surface area contributed by atoms with Crippen LogP contribution in [-0.2, 0) is 20.5 Å². The molecule has 0 unspecified atom stereocenters. The quantitative estimate of drug-likeness (QED) is 0.376. The lowest BCUT2D eigenvalue weighted by atomic mass is 9.88. The predicted molar refractivity (Wildman–Crippen MR) is 139 cm³/mol. The number of ether oxygens (including phenoxy) is 1. The molecule has 12 heteroatoms. The number of hydrazine groups is 1. The Morgan fingerprint density at radius 1 is 1.05 bits per heavy atom. The number of imide groups is 1. The van der Waals surface area contributed by atoms with Crippen LogP contribution in [0.2, 0.25) is 0 Å². The van der Waals surface area contributed by atoms with Gasteiger partial charge in [0.25, 0.3) is 0 Å². The van der Waals surface area contributed by atoms with Crippen molar-refractivity contribution in [2.45, 2.75) is 57.5 Å². The molecule has 0 aliphatic carbocycles. The molecule has 39 heavy (non-hydrogen) atoms. The van der Waals surface area contributed by atoms with Crippen LogP contribution in [0.15, 0.2) is 18.2 Å². The largest absolute Gasteiger partial charge is 0.449 e. The lowest BCUT2D eigenvalue weighted by Crippen LogP contribution is -2.51. The van der Waals surface area contributed by atoms with Crippen LogP contribution in [0.25, 0.3) is 0 Å². The number of nitrogens with one attached hydrogen (secondary N) is 2. The van der Waals surface area contributed by atoms with Gasteiger partial charge in [-0.15, -0.1) is 0 Å². The van der Waals surface area contributed by atoms with Gasteiger partial charge >= 0.3 is 12.3 Å². The SMILES string of the molecule is CCCCOC(=O)NN1CCC(CN2CCN(c3ccc(C4CC(=O)NC(=O)C4)cc3C(F)(F)F)CC2)CC1. The van der Waals surface area contributed by atoms with Gasteiger partial charge in [0.15, 0.2) is 0 Å². The van der Waals surface area contributed by atoms with Gasteiger partial charge in [-0.05, 0) is 42.9 Å². The molecule has 1 aromatic rings. The molecule has 3 fully saturated rings. The van der Waals surface area contributed by atoms with Crippen molar-refractivity contribution in [1.29, 1.82) is 0 Å². The highest BCUT2D eigenvalue weighted by Crippen LogP contribution is 2.40. The second-order valence-corrected chi connectivity index (χ2v) is 10.7. The van der Waals surface area contributed by atoms with Crippen LogP contribution in [-0.4, -0.2) is 80.2 Å². The van der Waals surface area contributed by atoms with Gasteiger partial charge in [-0.3, -0.25) is 25.2 Å². The van der Waals surface area contributed by atoms with Gasteiger partial charge in [-0.2, -0.15) is 13.2 Å². The first-order chi connectivity index (χ1) is 18.6. The molecular formula is C27H38F3N5O4. The van der Waals surface area contributed by atoms with E-state index in [0.29, 0.717) is 44.3 Å². The molecule has 1 aromatic carbocycles. The van der Waals surface area contributed by atoms with Crippen LogP contribution >= 0.6 is 0 Å². The van der Waals surface area contributed by atoms with E-state index >= 15 is 0 Å². The van der Waals surface area contributed by atoms with Gasteiger partial charge in [-0.25, -0.2) is 9.80 Å². The first-order valence-electron chi connectivity index (χ1n) is 13.8. The summed E-state index contributed by atoms with van der Waals surface area (Å²) in [6.45, 7) is 7.11. The zero-order chi connectivity index (χ0) is 28.0. The van der Waals surface area contributed by atoms with Crippen molar-refractivity contribution in [3.8, 4) is 0 Å². The van der Waals surface area contributed by atoms with Gasteiger partial charge < -0.3 is 9.64 Å². The van der Waals surface area contributed by atoms with Crippen molar-refractivity contribution in [3.63, 3.8) is 0 Å². The van der Waals surface area contributed by atoms with E-state index in [2.05, 4.69) is 15.6 Å². The number of rotatable bonds is 8. The molecule has 0 bridgehead atoms. The Kier molecular flexibility index (Phi) is 9.71. The predicted octanol–water partition coefficient (Wildman–Crippen LogP) is 3.50. The third-order valence-electron chi connectivity index (χ3n) is 7.76. The summed E-state index contributed by atoms with van der Waals surface area (Å²) in [6, 6.07) is 4.22. The minimum Gasteiger partial charge on any atom is -0.449 e. The fourth-order valence-electron chi connectivity index (χ4n) is 5.56. The van der Waals surface area contributed by atoms with Crippen LogP contribution in [0.5, 0.6) is 0 Å². The molecule has 3 amide bonds. The highest BCUT2D eigenvalue weighted by Gasteiger charge is 2.37. The van der Waals surface area contributed by atoms with Crippen LogP contribution in [0.4, 0.5) is 23.7 Å². The number of hydrogen-bond donors (Lipinski definition) is 2. The first-order valence-corrected chi connectivity index (χ1v) is 13.8. The number of nitrogens with zero attached hydrogens (tertiary/aromatic N) is 3. The minimum atomic E-state index is -4.55. The molecule has 3 aliphatic rings. The normalized spacial score (nSPS) is 20.7. The van der Waals surface area contributed by atoms with Gasteiger partial charge in [0.2, 0.25) is 11.8 Å². The molecule has 216 valence electrons. The maximum Gasteiger partial charge on any atom is 0.421 e. The number of piperidine rings is 2. The zero-order valence-electron chi connectivity index (χ0n) is 22.4. The topological polar surface area (TPSA) is 94.2 Å². The summed E-state index contributed by atoms with van der Waals surface area (Å²) in [7, 11) is 0. The molecule has 2 N–H and O–H groups in total. The van der Waals surface area contributed by atoms with E-state index in [9.17, 15) is 27.6 Å². The molecule has 3 aliphatic heterocycles. The third kappa shape index (κ3) is 8.07. The Labute approximate surface area is 227 Å². The number of carbonyl (C=O) groups excluding carboxylic acids is 3. The number of amides is 3. The molecule has 4 rings (SSSR count). The van der Waals surface area contributed by atoms with Crippen LogP contribution in [0, 0.1) is 5.92 Å². The van der Waals surface area contributed by atoms with E-state index in [-0.39, 0.29) is 18.5 Å². The molecule has 0 saturated carbocycles. The number of carbonyl (C=O) groups is 3. The Morgan fingerprint density at radius 3 is 2.33 bits per heavy atom. The number of alkyl halides is 3. The Hall–Kier alpha value is -2.86.